The third-order valence-corrected chi connectivity index (χ3v) is 3.47. The lowest BCUT2D eigenvalue weighted by atomic mass is 10.0. The van der Waals surface area contributed by atoms with Crippen LogP contribution < -0.4 is 0 Å². The molecular formula is C14H11Cl2NO3. The third kappa shape index (κ3) is 3.48. The quantitative estimate of drug-likeness (QED) is 0.680. The molecule has 0 aromatic heterocycles. The summed E-state index contributed by atoms with van der Waals surface area (Å²) in [5.41, 5.74) is 1.33. The molecule has 4 nitrogen and oxygen atoms in total. The van der Waals surface area contributed by atoms with Gasteiger partial charge in [-0.3, -0.25) is 10.1 Å². The van der Waals surface area contributed by atoms with Crippen molar-refractivity contribution in [2.24, 2.45) is 0 Å². The first kappa shape index (κ1) is 14.8. The molecule has 0 spiro atoms. The SMILES string of the molecule is O=[N+]([O-])c1ccc(CC(O)c2cc(Cl)ccc2Cl)cc1. The van der Waals surface area contributed by atoms with Crippen molar-refractivity contribution >= 4 is 28.9 Å². The van der Waals surface area contributed by atoms with E-state index in [1.165, 1.54) is 12.1 Å². The van der Waals surface area contributed by atoms with Crippen molar-refractivity contribution in [1.29, 1.82) is 0 Å². The number of nitro groups is 1. The smallest absolute Gasteiger partial charge is 0.269 e. The Morgan fingerprint density at radius 2 is 1.80 bits per heavy atom. The summed E-state index contributed by atoms with van der Waals surface area (Å²) in [5, 5.41) is 21.7. The predicted molar refractivity (Wildman–Crippen MR) is 78.2 cm³/mol. The molecule has 1 unspecified atom stereocenters. The number of aliphatic hydroxyl groups excluding tert-OH is 1. The molecule has 0 aliphatic heterocycles. The van der Waals surface area contributed by atoms with Crippen LogP contribution in [-0.4, -0.2) is 10.0 Å². The molecule has 0 amide bonds. The van der Waals surface area contributed by atoms with Crippen molar-refractivity contribution in [3.63, 3.8) is 0 Å². The number of nitro benzene ring substituents is 1. The fourth-order valence-corrected chi connectivity index (χ4v) is 2.28. The van der Waals surface area contributed by atoms with Crippen LogP contribution in [0.1, 0.15) is 17.2 Å². The normalized spacial score (nSPS) is 12.2. The highest BCUT2D eigenvalue weighted by molar-refractivity contribution is 6.33. The Bertz CT molecular complexity index is 629. The van der Waals surface area contributed by atoms with Crippen LogP contribution in [0.5, 0.6) is 0 Å². The second kappa shape index (κ2) is 6.22. The fraction of sp³-hybridized carbons (Fsp3) is 0.143. The highest BCUT2D eigenvalue weighted by Gasteiger charge is 2.14. The largest absolute Gasteiger partial charge is 0.388 e. The summed E-state index contributed by atoms with van der Waals surface area (Å²) in [4.78, 5) is 10.1. The van der Waals surface area contributed by atoms with E-state index in [-0.39, 0.29) is 5.69 Å². The summed E-state index contributed by atoms with van der Waals surface area (Å²) in [5.74, 6) is 0. The minimum Gasteiger partial charge on any atom is -0.388 e. The molecule has 0 saturated carbocycles. The van der Waals surface area contributed by atoms with E-state index in [1.54, 1.807) is 30.3 Å². The van der Waals surface area contributed by atoms with E-state index >= 15 is 0 Å². The van der Waals surface area contributed by atoms with E-state index in [2.05, 4.69) is 0 Å². The maximum Gasteiger partial charge on any atom is 0.269 e. The Morgan fingerprint density at radius 3 is 2.40 bits per heavy atom. The van der Waals surface area contributed by atoms with E-state index in [0.717, 1.165) is 5.56 Å². The zero-order chi connectivity index (χ0) is 14.7. The van der Waals surface area contributed by atoms with Gasteiger partial charge in [-0.15, -0.1) is 0 Å². The molecule has 104 valence electrons. The van der Waals surface area contributed by atoms with E-state index < -0.39 is 11.0 Å². The van der Waals surface area contributed by atoms with Gasteiger partial charge in [-0.05, 0) is 23.8 Å². The van der Waals surface area contributed by atoms with Crippen LogP contribution in [0.2, 0.25) is 10.0 Å². The predicted octanol–water partition coefficient (Wildman–Crippen LogP) is 4.18. The molecular weight excluding hydrogens is 301 g/mol. The summed E-state index contributed by atoms with van der Waals surface area (Å²) in [6, 6.07) is 10.9. The number of rotatable bonds is 4. The third-order valence-electron chi connectivity index (χ3n) is 2.89. The van der Waals surface area contributed by atoms with Gasteiger partial charge in [0.2, 0.25) is 0 Å². The Kier molecular flexibility index (Phi) is 4.60. The van der Waals surface area contributed by atoms with E-state index in [9.17, 15) is 15.2 Å². The first-order chi connectivity index (χ1) is 9.47. The first-order valence-electron chi connectivity index (χ1n) is 5.83. The van der Waals surface area contributed by atoms with Crippen LogP contribution >= 0.6 is 23.2 Å². The molecule has 0 radical (unpaired) electrons. The van der Waals surface area contributed by atoms with Crippen LogP contribution in [0.15, 0.2) is 42.5 Å². The molecule has 0 aliphatic carbocycles. The Balaban J connectivity index is 2.16. The van der Waals surface area contributed by atoms with Gasteiger partial charge < -0.3 is 5.11 Å². The topological polar surface area (TPSA) is 63.4 Å². The number of hydrogen-bond donors (Lipinski definition) is 1. The summed E-state index contributed by atoms with van der Waals surface area (Å²) >= 11 is 11.9. The average Bonchev–Trinajstić information content (AvgIpc) is 2.42. The minimum absolute atomic E-state index is 0.0176. The summed E-state index contributed by atoms with van der Waals surface area (Å²) in [6.07, 6.45) is -0.513. The molecule has 6 heteroatoms. The molecule has 2 rings (SSSR count). The first-order valence-corrected chi connectivity index (χ1v) is 6.59. The molecule has 0 fully saturated rings. The maximum atomic E-state index is 10.6. The van der Waals surface area contributed by atoms with Crippen LogP contribution in [0.4, 0.5) is 5.69 Å². The Labute approximate surface area is 125 Å². The van der Waals surface area contributed by atoms with Gasteiger partial charge in [-0.2, -0.15) is 0 Å². The Morgan fingerprint density at radius 1 is 1.15 bits per heavy atom. The van der Waals surface area contributed by atoms with Crippen LogP contribution in [0, 0.1) is 10.1 Å². The maximum absolute atomic E-state index is 10.6. The lowest BCUT2D eigenvalue weighted by Crippen LogP contribution is -2.02. The number of nitrogens with zero attached hydrogens (tertiary/aromatic N) is 1. The molecule has 1 N–H and O–H groups in total. The molecule has 0 aliphatic rings. The lowest BCUT2D eigenvalue weighted by molar-refractivity contribution is -0.384. The molecule has 0 bridgehead atoms. The molecule has 2 aromatic carbocycles. The number of non-ortho nitro benzene ring substituents is 1. The van der Waals surface area contributed by atoms with Gasteiger partial charge >= 0.3 is 0 Å². The van der Waals surface area contributed by atoms with Gasteiger partial charge in [0, 0.05) is 34.2 Å². The van der Waals surface area contributed by atoms with Crippen molar-refractivity contribution in [2.75, 3.05) is 0 Å². The van der Waals surface area contributed by atoms with Crippen molar-refractivity contribution < 1.29 is 10.0 Å². The zero-order valence-electron chi connectivity index (χ0n) is 10.3. The van der Waals surface area contributed by atoms with Crippen molar-refractivity contribution in [2.45, 2.75) is 12.5 Å². The molecule has 0 saturated heterocycles. The highest BCUT2D eigenvalue weighted by Crippen LogP contribution is 2.28. The lowest BCUT2D eigenvalue weighted by Gasteiger charge is -2.13. The van der Waals surface area contributed by atoms with Gasteiger partial charge in [-0.25, -0.2) is 0 Å². The van der Waals surface area contributed by atoms with Crippen molar-refractivity contribution in [3.8, 4) is 0 Å². The monoisotopic (exact) mass is 311 g/mol. The van der Waals surface area contributed by atoms with Gasteiger partial charge in [0.1, 0.15) is 0 Å². The number of benzene rings is 2. The Hall–Kier alpha value is -1.62. The summed E-state index contributed by atoms with van der Waals surface area (Å²) in [6.45, 7) is 0. The fourth-order valence-electron chi connectivity index (χ4n) is 1.86. The highest BCUT2D eigenvalue weighted by atomic mass is 35.5. The molecule has 1 atom stereocenters. The second-order valence-corrected chi connectivity index (χ2v) is 5.15. The standard InChI is InChI=1S/C14H11Cl2NO3/c15-10-3-6-13(16)12(8-10)14(18)7-9-1-4-11(5-2-9)17(19)20/h1-6,8,14,18H,7H2. The van der Waals surface area contributed by atoms with Gasteiger partial charge in [0.15, 0.2) is 0 Å². The molecule has 2 aromatic rings. The van der Waals surface area contributed by atoms with Crippen LogP contribution in [-0.2, 0) is 6.42 Å². The number of hydrogen-bond acceptors (Lipinski definition) is 3. The van der Waals surface area contributed by atoms with E-state index in [1.807, 2.05) is 0 Å². The zero-order valence-corrected chi connectivity index (χ0v) is 11.8. The van der Waals surface area contributed by atoms with Crippen molar-refractivity contribution in [1.82, 2.24) is 0 Å². The van der Waals surface area contributed by atoms with Gasteiger partial charge in [0.25, 0.3) is 5.69 Å². The van der Waals surface area contributed by atoms with Gasteiger partial charge in [-0.1, -0.05) is 35.3 Å². The second-order valence-electron chi connectivity index (χ2n) is 4.31. The molecule has 20 heavy (non-hydrogen) atoms. The van der Waals surface area contributed by atoms with Crippen molar-refractivity contribution in [3.05, 3.63) is 73.8 Å². The van der Waals surface area contributed by atoms with Crippen LogP contribution in [0.3, 0.4) is 0 Å². The average molecular weight is 312 g/mol. The number of aliphatic hydroxyl groups is 1. The summed E-state index contributed by atoms with van der Waals surface area (Å²) in [7, 11) is 0. The summed E-state index contributed by atoms with van der Waals surface area (Å²) < 4.78 is 0. The van der Waals surface area contributed by atoms with Gasteiger partial charge in [0.05, 0.1) is 11.0 Å². The van der Waals surface area contributed by atoms with Crippen LogP contribution in [0.25, 0.3) is 0 Å². The van der Waals surface area contributed by atoms with E-state index in [0.29, 0.717) is 22.0 Å². The number of halogens is 2. The molecule has 0 heterocycles. The minimum atomic E-state index is -0.817. The van der Waals surface area contributed by atoms with E-state index in [4.69, 9.17) is 23.2 Å².